The molecule has 0 unspecified atom stereocenters. The van der Waals surface area contributed by atoms with Crippen molar-refractivity contribution in [2.75, 3.05) is 6.54 Å². The molecule has 0 radical (unpaired) electrons. The Morgan fingerprint density at radius 3 is 2.82 bits per heavy atom. The second-order valence-corrected chi connectivity index (χ2v) is 6.27. The Labute approximate surface area is 135 Å². The van der Waals surface area contributed by atoms with Crippen LogP contribution in [0.3, 0.4) is 0 Å². The summed E-state index contributed by atoms with van der Waals surface area (Å²) in [6.07, 6.45) is 5.46. The van der Waals surface area contributed by atoms with Gasteiger partial charge in [-0.05, 0) is 25.0 Å². The van der Waals surface area contributed by atoms with Gasteiger partial charge < -0.3 is 11.1 Å². The summed E-state index contributed by atoms with van der Waals surface area (Å²) in [5.41, 5.74) is 7.61. The normalized spacial score (nSPS) is 11.4. The molecule has 0 fully saturated rings. The molecular formula is C16H22N4OS. The third kappa shape index (κ3) is 4.35. The van der Waals surface area contributed by atoms with Gasteiger partial charge in [-0.15, -0.1) is 11.3 Å². The summed E-state index contributed by atoms with van der Waals surface area (Å²) in [6, 6.07) is 3.83. The smallest absolute Gasteiger partial charge is 0.226 e. The van der Waals surface area contributed by atoms with Crippen molar-refractivity contribution < 1.29 is 4.79 Å². The first-order chi connectivity index (χ1) is 10.6. The SMILES string of the molecule is CCC(N)(CC)CNC(=O)Cc1csc(-c2cccnc2)n1. The van der Waals surface area contributed by atoms with Gasteiger partial charge in [0.2, 0.25) is 5.91 Å². The number of aromatic nitrogens is 2. The van der Waals surface area contributed by atoms with E-state index in [1.54, 1.807) is 12.4 Å². The fraction of sp³-hybridized carbons (Fsp3) is 0.438. The number of nitrogens with zero attached hydrogens (tertiary/aromatic N) is 2. The van der Waals surface area contributed by atoms with Crippen LogP contribution in [0.25, 0.3) is 10.6 Å². The molecule has 3 N–H and O–H groups in total. The quantitative estimate of drug-likeness (QED) is 0.821. The van der Waals surface area contributed by atoms with Crippen molar-refractivity contribution in [1.29, 1.82) is 0 Å². The fourth-order valence-electron chi connectivity index (χ4n) is 2.01. The van der Waals surface area contributed by atoms with Crippen molar-refractivity contribution in [2.24, 2.45) is 5.73 Å². The maximum absolute atomic E-state index is 12.0. The molecule has 6 heteroatoms. The molecule has 0 aliphatic heterocycles. The Morgan fingerprint density at radius 2 is 2.18 bits per heavy atom. The first-order valence-electron chi connectivity index (χ1n) is 7.46. The molecule has 2 heterocycles. The maximum atomic E-state index is 12.0. The highest BCUT2D eigenvalue weighted by atomic mass is 32.1. The van der Waals surface area contributed by atoms with E-state index in [-0.39, 0.29) is 17.9 Å². The van der Waals surface area contributed by atoms with Crippen LogP contribution in [-0.4, -0.2) is 28.0 Å². The minimum absolute atomic E-state index is 0.0419. The van der Waals surface area contributed by atoms with Crippen molar-refractivity contribution in [3.63, 3.8) is 0 Å². The summed E-state index contributed by atoms with van der Waals surface area (Å²) in [4.78, 5) is 20.6. The fourth-order valence-corrected chi connectivity index (χ4v) is 2.82. The van der Waals surface area contributed by atoms with Crippen molar-refractivity contribution in [1.82, 2.24) is 15.3 Å². The molecule has 0 aliphatic rings. The molecule has 5 nitrogen and oxygen atoms in total. The van der Waals surface area contributed by atoms with Gasteiger partial charge in [0.1, 0.15) is 5.01 Å². The third-order valence-electron chi connectivity index (χ3n) is 3.85. The summed E-state index contributed by atoms with van der Waals surface area (Å²) in [7, 11) is 0. The second kappa shape index (κ2) is 7.47. The topological polar surface area (TPSA) is 80.9 Å². The number of carbonyl (C=O) groups excluding carboxylic acids is 1. The molecule has 2 rings (SSSR count). The van der Waals surface area contributed by atoms with Crippen LogP contribution < -0.4 is 11.1 Å². The summed E-state index contributed by atoms with van der Waals surface area (Å²) in [5, 5.41) is 5.71. The number of rotatable bonds is 7. The van der Waals surface area contributed by atoms with E-state index in [1.807, 2.05) is 31.4 Å². The molecule has 0 aromatic carbocycles. The lowest BCUT2D eigenvalue weighted by atomic mass is 9.94. The van der Waals surface area contributed by atoms with Crippen LogP contribution in [0.1, 0.15) is 32.4 Å². The maximum Gasteiger partial charge on any atom is 0.226 e. The van der Waals surface area contributed by atoms with Gasteiger partial charge in [-0.3, -0.25) is 9.78 Å². The standard InChI is InChI=1S/C16H22N4OS/c1-3-16(17,4-2)11-19-14(21)8-13-10-22-15(20-13)12-6-5-7-18-9-12/h5-7,9-10H,3-4,8,11,17H2,1-2H3,(H,19,21). The highest BCUT2D eigenvalue weighted by Crippen LogP contribution is 2.22. The van der Waals surface area contributed by atoms with Gasteiger partial charge in [-0.25, -0.2) is 4.98 Å². The summed E-state index contributed by atoms with van der Waals surface area (Å²) >= 11 is 1.52. The zero-order chi connectivity index (χ0) is 16.0. The number of hydrogen-bond donors (Lipinski definition) is 2. The molecule has 1 amide bonds. The van der Waals surface area contributed by atoms with Crippen molar-refractivity contribution in [3.05, 3.63) is 35.6 Å². The van der Waals surface area contributed by atoms with Crippen LogP contribution in [-0.2, 0) is 11.2 Å². The van der Waals surface area contributed by atoms with E-state index < -0.39 is 0 Å². The molecular weight excluding hydrogens is 296 g/mol. The number of pyridine rings is 1. The van der Waals surface area contributed by atoms with Crippen LogP contribution in [0.5, 0.6) is 0 Å². The predicted molar refractivity (Wildman–Crippen MR) is 89.6 cm³/mol. The molecule has 22 heavy (non-hydrogen) atoms. The van der Waals surface area contributed by atoms with Gasteiger partial charge in [-0.1, -0.05) is 13.8 Å². The number of amides is 1. The van der Waals surface area contributed by atoms with E-state index in [0.717, 1.165) is 29.1 Å². The molecule has 2 aromatic rings. The minimum atomic E-state index is -0.321. The number of thiazole rings is 1. The van der Waals surface area contributed by atoms with Gasteiger partial charge in [-0.2, -0.15) is 0 Å². The highest BCUT2D eigenvalue weighted by molar-refractivity contribution is 7.13. The monoisotopic (exact) mass is 318 g/mol. The number of carbonyl (C=O) groups is 1. The first kappa shape index (κ1) is 16.6. The van der Waals surface area contributed by atoms with Gasteiger partial charge in [0.25, 0.3) is 0 Å². The lowest BCUT2D eigenvalue weighted by Crippen LogP contribution is -2.49. The summed E-state index contributed by atoms with van der Waals surface area (Å²) in [6.45, 7) is 4.57. The molecule has 0 saturated heterocycles. The minimum Gasteiger partial charge on any atom is -0.354 e. The van der Waals surface area contributed by atoms with Crippen molar-refractivity contribution in [3.8, 4) is 10.6 Å². The molecule has 0 aliphatic carbocycles. The third-order valence-corrected chi connectivity index (χ3v) is 4.79. The zero-order valence-corrected chi connectivity index (χ0v) is 13.8. The van der Waals surface area contributed by atoms with E-state index in [9.17, 15) is 4.79 Å². The van der Waals surface area contributed by atoms with Crippen LogP contribution in [0.15, 0.2) is 29.9 Å². The Bertz CT molecular complexity index is 608. The molecule has 0 bridgehead atoms. The second-order valence-electron chi connectivity index (χ2n) is 5.41. The van der Waals surface area contributed by atoms with Gasteiger partial charge in [0, 0.05) is 35.4 Å². The Morgan fingerprint density at radius 1 is 1.41 bits per heavy atom. The van der Waals surface area contributed by atoms with Crippen molar-refractivity contribution in [2.45, 2.75) is 38.6 Å². The van der Waals surface area contributed by atoms with E-state index in [4.69, 9.17) is 5.73 Å². The van der Waals surface area contributed by atoms with Gasteiger partial charge in [0.15, 0.2) is 0 Å². The van der Waals surface area contributed by atoms with Gasteiger partial charge in [0.05, 0.1) is 12.1 Å². The average molecular weight is 318 g/mol. The highest BCUT2D eigenvalue weighted by Gasteiger charge is 2.21. The Balaban J connectivity index is 1.92. The Kier molecular flexibility index (Phi) is 5.63. The van der Waals surface area contributed by atoms with Crippen LogP contribution >= 0.6 is 11.3 Å². The van der Waals surface area contributed by atoms with Crippen LogP contribution in [0, 0.1) is 0 Å². The molecule has 2 aromatic heterocycles. The van der Waals surface area contributed by atoms with E-state index in [1.165, 1.54) is 11.3 Å². The molecule has 0 atom stereocenters. The largest absolute Gasteiger partial charge is 0.354 e. The lowest BCUT2D eigenvalue weighted by molar-refractivity contribution is -0.120. The molecule has 0 saturated carbocycles. The molecule has 0 spiro atoms. The Hall–Kier alpha value is -1.79. The summed E-state index contributed by atoms with van der Waals surface area (Å²) < 4.78 is 0. The van der Waals surface area contributed by atoms with E-state index >= 15 is 0 Å². The van der Waals surface area contributed by atoms with Gasteiger partial charge >= 0.3 is 0 Å². The number of hydrogen-bond acceptors (Lipinski definition) is 5. The zero-order valence-electron chi connectivity index (χ0n) is 13.0. The van der Waals surface area contributed by atoms with Crippen LogP contribution in [0.2, 0.25) is 0 Å². The summed E-state index contributed by atoms with van der Waals surface area (Å²) in [5.74, 6) is -0.0419. The lowest BCUT2D eigenvalue weighted by Gasteiger charge is -2.26. The number of nitrogens with one attached hydrogen (secondary N) is 1. The van der Waals surface area contributed by atoms with E-state index in [2.05, 4.69) is 15.3 Å². The first-order valence-corrected chi connectivity index (χ1v) is 8.34. The molecule has 118 valence electrons. The number of nitrogens with two attached hydrogens (primary N) is 1. The van der Waals surface area contributed by atoms with Crippen LogP contribution in [0.4, 0.5) is 0 Å². The van der Waals surface area contributed by atoms with Crippen molar-refractivity contribution >= 4 is 17.2 Å². The average Bonchev–Trinajstić information content (AvgIpc) is 3.02. The predicted octanol–water partition coefficient (Wildman–Crippen LogP) is 2.38. The van der Waals surface area contributed by atoms with E-state index in [0.29, 0.717) is 6.54 Å².